The highest BCUT2D eigenvalue weighted by Gasteiger charge is 2.06. The summed E-state index contributed by atoms with van der Waals surface area (Å²) in [7, 11) is 1.38. The molecular weight excluding hydrogens is 136 g/mol. The van der Waals surface area contributed by atoms with Gasteiger partial charge in [-0.15, -0.1) is 0 Å². The van der Waals surface area contributed by atoms with Crippen LogP contribution in [-0.2, 0) is 14.3 Å². The van der Waals surface area contributed by atoms with Gasteiger partial charge in [0.05, 0.1) is 6.42 Å². The van der Waals surface area contributed by atoms with E-state index in [-0.39, 0.29) is 18.8 Å². The van der Waals surface area contributed by atoms with E-state index in [1.165, 1.54) is 7.11 Å². The first-order valence-electron chi connectivity index (χ1n) is 2.84. The first-order chi connectivity index (χ1) is 4.70. The molecule has 0 atom stereocenters. The van der Waals surface area contributed by atoms with Crippen molar-refractivity contribution in [2.24, 2.45) is 0 Å². The van der Waals surface area contributed by atoms with Gasteiger partial charge in [0.25, 0.3) is 0 Å². The third kappa shape index (κ3) is 4.17. The molecule has 0 fully saturated rings. The van der Waals surface area contributed by atoms with Crippen molar-refractivity contribution in [3.63, 3.8) is 0 Å². The summed E-state index contributed by atoms with van der Waals surface area (Å²) in [4.78, 5) is 20.9. The zero-order valence-electron chi connectivity index (χ0n) is 5.79. The number of ether oxygens (including phenoxy) is 1. The SMILES string of the molecule is COCC(=O)CC(=O)CO. The van der Waals surface area contributed by atoms with Gasteiger partial charge in [0.1, 0.15) is 13.2 Å². The van der Waals surface area contributed by atoms with E-state index in [1.54, 1.807) is 0 Å². The molecule has 0 radical (unpaired) electrons. The molecule has 4 nitrogen and oxygen atoms in total. The molecule has 0 unspecified atom stereocenters. The van der Waals surface area contributed by atoms with Crippen molar-refractivity contribution in [1.82, 2.24) is 0 Å². The Morgan fingerprint density at radius 3 is 2.40 bits per heavy atom. The second kappa shape index (κ2) is 5.08. The number of hydrogen-bond donors (Lipinski definition) is 1. The van der Waals surface area contributed by atoms with Crippen molar-refractivity contribution in [3.8, 4) is 0 Å². The van der Waals surface area contributed by atoms with Crippen molar-refractivity contribution in [2.75, 3.05) is 20.3 Å². The number of methoxy groups -OCH3 is 1. The van der Waals surface area contributed by atoms with Gasteiger partial charge in [-0.3, -0.25) is 9.59 Å². The molecule has 0 saturated heterocycles. The molecule has 1 N–H and O–H groups in total. The van der Waals surface area contributed by atoms with Crippen LogP contribution in [0.15, 0.2) is 0 Å². The molecule has 0 aromatic heterocycles. The van der Waals surface area contributed by atoms with Crippen LogP contribution in [-0.4, -0.2) is 37.0 Å². The minimum atomic E-state index is -0.574. The monoisotopic (exact) mass is 146 g/mol. The van der Waals surface area contributed by atoms with Crippen LogP contribution < -0.4 is 0 Å². The second-order valence-corrected chi connectivity index (χ2v) is 1.85. The van der Waals surface area contributed by atoms with Gasteiger partial charge in [-0.1, -0.05) is 0 Å². The van der Waals surface area contributed by atoms with Crippen molar-refractivity contribution < 1.29 is 19.4 Å². The zero-order valence-corrected chi connectivity index (χ0v) is 5.79. The van der Waals surface area contributed by atoms with Crippen molar-refractivity contribution in [3.05, 3.63) is 0 Å². The topological polar surface area (TPSA) is 63.6 Å². The van der Waals surface area contributed by atoms with Gasteiger partial charge < -0.3 is 9.84 Å². The van der Waals surface area contributed by atoms with Gasteiger partial charge >= 0.3 is 0 Å². The predicted octanol–water partition coefficient (Wildman–Crippen LogP) is -0.847. The van der Waals surface area contributed by atoms with E-state index in [0.29, 0.717) is 0 Å². The molecule has 0 rings (SSSR count). The van der Waals surface area contributed by atoms with Crippen LogP contribution in [0, 0.1) is 0 Å². The lowest BCUT2D eigenvalue weighted by Crippen LogP contribution is -2.14. The quantitative estimate of drug-likeness (QED) is 0.513. The van der Waals surface area contributed by atoms with E-state index in [4.69, 9.17) is 5.11 Å². The number of Topliss-reactive ketones (excluding diaryl/α,β-unsaturated/α-hetero) is 2. The van der Waals surface area contributed by atoms with Crippen LogP contribution in [0.4, 0.5) is 0 Å². The number of carbonyl (C=O) groups is 2. The van der Waals surface area contributed by atoms with Gasteiger partial charge in [0, 0.05) is 7.11 Å². The molecule has 0 aliphatic heterocycles. The molecule has 0 aliphatic carbocycles. The Morgan fingerprint density at radius 2 is 2.00 bits per heavy atom. The summed E-state index contributed by atoms with van der Waals surface area (Å²) in [6, 6.07) is 0. The van der Waals surface area contributed by atoms with Crippen molar-refractivity contribution in [1.29, 1.82) is 0 Å². The number of aliphatic hydroxyl groups excluding tert-OH is 1. The average Bonchev–Trinajstić information content (AvgIpc) is 1.88. The fourth-order valence-corrected chi connectivity index (χ4v) is 0.488. The number of ketones is 2. The Labute approximate surface area is 58.8 Å². The largest absolute Gasteiger partial charge is 0.389 e. The standard InChI is InChI=1S/C6H10O4/c1-10-4-6(9)2-5(8)3-7/h7H,2-4H2,1H3. The highest BCUT2D eigenvalue weighted by atomic mass is 16.5. The first kappa shape index (κ1) is 9.26. The molecular formula is C6H10O4. The molecule has 0 aromatic carbocycles. The van der Waals surface area contributed by atoms with E-state index in [1.807, 2.05) is 0 Å². The van der Waals surface area contributed by atoms with Gasteiger partial charge in [0.15, 0.2) is 11.6 Å². The van der Waals surface area contributed by atoms with Crippen LogP contribution >= 0.6 is 0 Å². The Balaban J connectivity index is 3.47. The van der Waals surface area contributed by atoms with Crippen LogP contribution in [0.25, 0.3) is 0 Å². The minimum Gasteiger partial charge on any atom is -0.389 e. The Morgan fingerprint density at radius 1 is 1.40 bits per heavy atom. The highest BCUT2D eigenvalue weighted by Crippen LogP contribution is 1.85. The first-order valence-corrected chi connectivity index (χ1v) is 2.84. The third-order valence-corrected chi connectivity index (χ3v) is 0.876. The molecule has 0 aromatic rings. The maximum absolute atomic E-state index is 10.6. The number of hydrogen-bond acceptors (Lipinski definition) is 4. The van der Waals surface area contributed by atoms with E-state index in [0.717, 1.165) is 0 Å². The predicted molar refractivity (Wildman–Crippen MR) is 33.6 cm³/mol. The average molecular weight is 146 g/mol. The smallest absolute Gasteiger partial charge is 0.165 e. The maximum Gasteiger partial charge on any atom is 0.165 e. The summed E-state index contributed by atoms with van der Waals surface area (Å²) in [6.45, 7) is -0.638. The van der Waals surface area contributed by atoms with E-state index >= 15 is 0 Å². The molecule has 0 spiro atoms. The molecule has 0 aliphatic rings. The van der Waals surface area contributed by atoms with Crippen LogP contribution in [0.1, 0.15) is 6.42 Å². The summed E-state index contributed by atoms with van der Waals surface area (Å²) < 4.78 is 4.47. The fourth-order valence-electron chi connectivity index (χ4n) is 0.488. The Bertz CT molecular complexity index is 130. The minimum absolute atomic E-state index is 0.0638. The molecule has 4 heteroatoms. The van der Waals surface area contributed by atoms with Crippen molar-refractivity contribution in [2.45, 2.75) is 6.42 Å². The number of rotatable bonds is 5. The second-order valence-electron chi connectivity index (χ2n) is 1.85. The summed E-state index contributed by atoms with van der Waals surface area (Å²) in [5.41, 5.74) is 0. The van der Waals surface area contributed by atoms with Gasteiger partial charge in [-0.2, -0.15) is 0 Å². The van der Waals surface area contributed by atoms with Crippen LogP contribution in [0.2, 0.25) is 0 Å². The lowest BCUT2D eigenvalue weighted by molar-refractivity contribution is -0.130. The molecule has 58 valence electrons. The summed E-state index contributed by atoms with van der Waals surface area (Å²) >= 11 is 0. The van der Waals surface area contributed by atoms with E-state index in [9.17, 15) is 9.59 Å². The van der Waals surface area contributed by atoms with Gasteiger partial charge in [-0.05, 0) is 0 Å². The fraction of sp³-hybridized carbons (Fsp3) is 0.667. The lowest BCUT2D eigenvalue weighted by Gasteiger charge is -1.94. The van der Waals surface area contributed by atoms with E-state index in [2.05, 4.69) is 4.74 Å². The molecule has 10 heavy (non-hydrogen) atoms. The van der Waals surface area contributed by atoms with Crippen LogP contribution in [0.3, 0.4) is 0 Å². The molecule has 0 heterocycles. The molecule has 0 amide bonds. The Kier molecular flexibility index (Phi) is 4.70. The number of aliphatic hydroxyl groups is 1. The third-order valence-electron chi connectivity index (χ3n) is 0.876. The molecule has 0 bridgehead atoms. The van der Waals surface area contributed by atoms with Crippen molar-refractivity contribution >= 4 is 11.6 Å². The summed E-state index contributed by atoms with van der Waals surface area (Å²) in [5.74, 6) is -0.774. The zero-order chi connectivity index (χ0) is 7.98. The Hall–Kier alpha value is -0.740. The van der Waals surface area contributed by atoms with E-state index < -0.39 is 12.4 Å². The van der Waals surface area contributed by atoms with Gasteiger partial charge in [0.2, 0.25) is 0 Å². The highest BCUT2D eigenvalue weighted by molar-refractivity contribution is 6.00. The normalized spacial score (nSPS) is 9.40. The maximum atomic E-state index is 10.6. The lowest BCUT2D eigenvalue weighted by atomic mass is 10.2. The molecule has 0 saturated carbocycles. The van der Waals surface area contributed by atoms with Gasteiger partial charge in [-0.25, -0.2) is 0 Å². The summed E-state index contributed by atoms with van der Waals surface area (Å²) in [5, 5.41) is 8.21. The summed E-state index contributed by atoms with van der Waals surface area (Å²) in [6.07, 6.45) is -0.232. The number of carbonyl (C=O) groups excluding carboxylic acids is 2. The van der Waals surface area contributed by atoms with Crippen LogP contribution in [0.5, 0.6) is 0 Å².